The molecule has 402 valence electrons. The highest BCUT2D eigenvalue weighted by Crippen LogP contribution is 2.26. The zero-order chi connectivity index (χ0) is 53.6. The fourth-order valence-electron chi connectivity index (χ4n) is 8.40. The van der Waals surface area contributed by atoms with E-state index in [0.717, 1.165) is 11.8 Å². The number of ether oxygens (including phenoxy) is 2. The second-order valence-electron chi connectivity index (χ2n) is 18.1. The molecule has 0 spiro atoms. The first kappa shape index (κ1) is 59.7. The minimum absolute atomic E-state index is 0.0317. The highest BCUT2D eigenvalue weighted by atomic mass is 16.7. The molecule has 0 aliphatic carbocycles. The van der Waals surface area contributed by atoms with Crippen molar-refractivity contribution in [2.24, 2.45) is 11.7 Å². The predicted octanol–water partition coefficient (Wildman–Crippen LogP) is -7.84. The molecule has 0 saturated carbocycles. The summed E-state index contributed by atoms with van der Waals surface area (Å²) in [4.78, 5) is 134. The van der Waals surface area contributed by atoms with Gasteiger partial charge in [-0.15, -0.1) is 0 Å². The molecule has 10 amide bonds. The van der Waals surface area contributed by atoms with Crippen molar-refractivity contribution in [2.45, 2.75) is 172 Å². The van der Waals surface area contributed by atoms with Crippen molar-refractivity contribution in [3.63, 3.8) is 0 Å². The summed E-state index contributed by atoms with van der Waals surface area (Å²) in [5.74, 6) is -9.38. The topological polar surface area (TPSA) is 427 Å². The van der Waals surface area contributed by atoms with Gasteiger partial charge in [-0.3, -0.25) is 47.9 Å². The van der Waals surface area contributed by atoms with Crippen LogP contribution in [0.25, 0.3) is 0 Å². The maximum Gasteiger partial charge on any atom is 0.248 e. The number of nitrogens with two attached hydrogens (primary N) is 1. The van der Waals surface area contributed by atoms with E-state index in [4.69, 9.17) is 15.2 Å². The number of aliphatic hydroxyl groups is 6. The molecule has 0 aromatic rings. The van der Waals surface area contributed by atoms with Crippen LogP contribution in [0, 0.1) is 5.92 Å². The van der Waals surface area contributed by atoms with Crippen molar-refractivity contribution < 1.29 is 88.1 Å². The Morgan fingerprint density at radius 1 is 0.718 bits per heavy atom. The van der Waals surface area contributed by atoms with Crippen molar-refractivity contribution in [3.05, 3.63) is 0 Å². The van der Waals surface area contributed by atoms with Gasteiger partial charge >= 0.3 is 0 Å². The highest BCUT2D eigenvalue weighted by molar-refractivity contribution is 5.98. The number of aliphatic hydroxyl groups excluding tert-OH is 6. The van der Waals surface area contributed by atoms with Crippen LogP contribution in [0.15, 0.2) is 0 Å². The molecule has 3 aliphatic heterocycles. The average Bonchev–Trinajstić information content (AvgIpc) is 4.02. The van der Waals surface area contributed by atoms with E-state index >= 15 is 0 Å². The van der Waals surface area contributed by atoms with Crippen LogP contribution in [0.5, 0.6) is 0 Å². The third-order valence-corrected chi connectivity index (χ3v) is 12.6. The molecular weight excluding hydrogens is 945 g/mol. The van der Waals surface area contributed by atoms with Gasteiger partial charge in [0.15, 0.2) is 6.29 Å². The molecule has 3 fully saturated rings. The highest BCUT2D eigenvalue weighted by Gasteiger charge is 2.48. The largest absolute Gasteiger partial charge is 0.394 e. The molecule has 71 heavy (non-hydrogen) atoms. The van der Waals surface area contributed by atoms with Crippen LogP contribution in [0.2, 0.25) is 0 Å². The van der Waals surface area contributed by atoms with Gasteiger partial charge < -0.3 is 92.9 Å². The molecule has 0 unspecified atom stereocenters. The first-order valence-corrected chi connectivity index (χ1v) is 23.5. The van der Waals surface area contributed by atoms with Gasteiger partial charge in [-0.05, 0) is 52.4 Å². The summed E-state index contributed by atoms with van der Waals surface area (Å²) < 4.78 is 11.7. The van der Waals surface area contributed by atoms with Crippen molar-refractivity contribution >= 4 is 59.1 Å². The van der Waals surface area contributed by atoms with Crippen LogP contribution in [0.3, 0.4) is 0 Å². The third-order valence-electron chi connectivity index (χ3n) is 12.6. The summed E-state index contributed by atoms with van der Waals surface area (Å²) in [5.41, 5.74) is 5.25. The minimum Gasteiger partial charge on any atom is -0.394 e. The minimum atomic E-state index is -1.78. The lowest BCUT2D eigenvalue weighted by Gasteiger charge is -2.43. The molecule has 3 rings (SSSR count). The summed E-state index contributed by atoms with van der Waals surface area (Å²) in [5, 5.41) is 78.3. The zero-order valence-corrected chi connectivity index (χ0v) is 40.9. The number of rotatable bonds is 24. The van der Waals surface area contributed by atoms with Crippen LogP contribution in [-0.2, 0) is 57.4 Å². The number of hydrogen-bond donors (Lipinski definition) is 14. The Kier molecular flexibility index (Phi) is 22.9. The van der Waals surface area contributed by atoms with Gasteiger partial charge in [0.25, 0.3) is 0 Å². The van der Waals surface area contributed by atoms with Crippen LogP contribution < -0.4 is 43.0 Å². The smallest absolute Gasteiger partial charge is 0.248 e. The van der Waals surface area contributed by atoms with Crippen LogP contribution in [0.1, 0.15) is 80.6 Å². The maximum absolute atomic E-state index is 14.7. The molecular formula is C43H72N10O18. The number of hydrogen-bond acceptors (Lipinski definition) is 18. The third kappa shape index (κ3) is 15.9. The Bertz CT molecular complexity index is 1930. The lowest BCUT2D eigenvalue weighted by molar-refractivity contribution is -0.281. The SMILES string of the molecule is CC[C@H](C)[C@H](NC(=O)[C@@H]1CCCN1C(=O)[C@@H](NC(=O)CNC(=O)[C@@H](NC(=O)[C@@H]1CCCN1C(C)=O)[C@@H](C)O)[C@@H](C)O[C@H]1O[C@H](CO)[C@H](O)[C@H](O)[C@H]1NC(C)=O)C(=O)N[C@@H](CO)C(=O)N[C@H](C(N)=O)[C@@H](C)O. The van der Waals surface area contributed by atoms with Gasteiger partial charge in [0.1, 0.15) is 66.6 Å². The molecule has 3 aliphatic rings. The first-order valence-electron chi connectivity index (χ1n) is 23.5. The monoisotopic (exact) mass is 1020 g/mol. The maximum atomic E-state index is 14.7. The molecule has 0 bridgehead atoms. The van der Waals surface area contributed by atoms with Crippen LogP contribution in [0.4, 0.5) is 0 Å². The van der Waals surface area contributed by atoms with Crippen molar-refractivity contribution in [3.8, 4) is 0 Å². The Hall–Kier alpha value is -5.62. The van der Waals surface area contributed by atoms with E-state index in [0.29, 0.717) is 25.8 Å². The van der Waals surface area contributed by atoms with E-state index in [-0.39, 0.29) is 25.3 Å². The standard InChI is InChI=1S/C43H72N10O18/c1-8-18(2)29(41(68)47-24(16-54)37(64)50-30(19(3)56)36(44)63)49-39(66)26-12-10-14-53(26)42(69)32(21(5)70-43-33(46-22(6)58)35(62)34(61)27(17-55)71-43)48-28(60)15-45-40(67)31(20(4)57)51-38(65)25-11-9-13-52(25)23(7)59/h18-21,24-27,29-35,43,54-57,61-62H,8-17H2,1-7H3,(H2,44,63)(H,45,67)(H,46,58)(H,47,68)(H,48,60)(H,49,66)(H,50,64)(H,51,65)/t18-,19+,20+,21+,24-,25-,26-,27+,29-,30-,31-,32-,33+,34-,35+,43-/m0/s1. The second-order valence-corrected chi connectivity index (χ2v) is 18.1. The number of amides is 10. The average molecular weight is 1020 g/mol. The number of nitrogens with zero attached hydrogens (tertiary/aromatic N) is 2. The van der Waals surface area contributed by atoms with Gasteiger partial charge in [0.05, 0.1) is 38.1 Å². The quantitative estimate of drug-likeness (QED) is 0.0427. The fourth-order valence-corrected chi connectivity index (χ4v) is 8.40. The lowest BCUT2D eigenvalue weighted by atomic mass is 9.96. The molecule has 28 heteroatoms. The first-order chi connectivity index (χ1) is 33.3. The van der Waals surface area contributed by atoms with Gasteiger partial charge in [-0.1, -0.05) is 20.3 Å². The Labute approximate surface area is 409 Å². The number of carbonyl (C=O) groups excluding carboxylic acids is 10. The van der Waals surface area contributed by atoms with E-state index in [1.165, 1.54) is 32.6 Å². The van der Waals surface area contributed by atoms with Crippen molar-refractivity contribution in [1.29, 1.82) is 0 Å². The Morgan fingerprint density at radius 3 is 1.79 bits per heavy atom. The van der Waals surface area contributed by atoms with E-state index < -0.39 is 170 Å². The number of carbonyl (C=O) groups is 10. The summed E-state index contributed by atoms with van der Waals surface area (Å²) in [6, 6.07) is -11.7. The molecule has 0 aromatic heterocycles. The molecule has 0 radical (unpaired) electrons. The van der Waals surface area contributed by atoms with Gasteiger partial charge in [0, 0.05) is 26.9 Å². The molecule has 15 N–H and O–H groups in total. The van der Waals surface area contributed by atoms with Gasteiger partial charge in [-0.25, -0.2) is 0 Å². The summed E-state index contributed by atoms with van der Waals surface area (Å²) in [7, 11) is 0. The molecule has 16 atom stereocenters. The predicted molar refractivity (Wildman–Crippen MR) is 243 cm³/mol. The van der Waals surface area contributed by atoms with E-state index in [2.05, 4.69) is 37.2 Å². The van der Waals surface area contributed by atoms with Crippen LogP contribution >= 0.6 is 0 Å². The summed E-state index contributed by atoms with van der Waals surface area (Å²) in [6.07, 6.45) is -9.66. The lowest BCUT2D eigenvalue weighted by Crippen LogP contribution is -2.66. The number of primary amides is 1. The number of nitrogens with one attached hydrogen (secondary N) is 7. The number of likely N-dealkylation sites (tertiary alicyclic amines) is 2. The van der Waals surface area contributed by atoms with E-state index in [1.807, 2.05) is 0 Å². The van der Waals surface area contributed by atoms with Crippen molar-refractivity contribution in [1.82, 2.24) is 47.0 Å². The molecule has 3 saturated heterocycles. The molecule has 0 aromatic carbocycles. The second kappa shape index (κ2) is 27.3. The summed E-state index contributed by atoms with van der Waals surface area (Å²) in [6.45, 7) is 6.91. The molecule has 3 heterocycles. The zero-order valence-electron chi connectivity index (χ0n) is 40.9. The Morgan fingerprint density at radius 2 is 1.28 bits per heavy atom. The van der Waals surface area contributed by atoms with Gasteiger partial charge in [-0.2, -0.15) is 0 Å². The van der Waals surface area contributed by atoms with Crippen LogP contribution in [-0.4, -0.2) is 224 Å². The normalized spacial score (nSPS) is 25.9. The Balaban J connectivity index is 1.91. The molecule has 28 nitrogen and oxygen atoms in total. The van der Waals surface area contributed by atoms with Crippen molar-refractivity contribution in [2.75, 3.05) is 32.8 Å². The van der Waals surface area contributed by atoms with E-state index in [1.54, 1.807) is 13.8 Å². The van der Waals surface area contributed by atoms with Gasteiger partial charge in [0.2, 0.25) is 59.1 Å². The fraction of sp³-hybridized carbons (Fsp3) is 0.767. The van der Waals surface area contributed by atoms with E-state index in [9.17, 15) is 78.6 Å². The summed E-state index contributed by atoms with van der Waals surface area (Å²) >= 11 is 0.